The van der Waals surface area contributed by atoms with Gasteiger partial charge in [0.2, 0.25) is 0 Å². The summed E-state index contributed by atoms with van der Waals surface area (Å²) in [6, 6.07) is 2.79. The van der Waals surface area contributed by atoms with Crippen LogP contribution in [0.4, 0.5) is 13.2 Å². The number of nitrogens with one attached hydrogen (secondary N) is 2. The first-order valence-electron chi connectivity index (χ1n) is 5.37. The summed E-state index contributed by atoms with van der Waals surface area (Å²) in [5, 5.41) is 13.2. The molecule has 0 spiro atoms. The van der Waals surface area contributed by atoms with Gasteiger partial charge in [0.1, 0.15) is 17.9 Å². The Bertz CT molecular complexity index is 601. The predicted octanol–water partition coefficient (Wildman–Crippen LogP) is 0.932. The zero-order valence-corrected chi connectivity index (χ0v) is 9.92. The van der Waals surface area contributed by atoms with E-state index in [1.54, 1.807) is 0 Å². The molecule has 2 N–H and O–H groups in total. The van der Waals surface area contributed by atoms with Crippen LogP contribution in [0.3, 0.4) is 0 Å². The lowest BCUT2D eigenvalue weighted by Crippen LogP contribution is -2.19. The van der Waals surface area contributed by atoms with Gasteiger partial charge in [-0.25, -0.2) is 5.43 Å². The topological polar surface area (TPSA) is 88.0 Å². The van der Waals surface area contributed by atoms with Crippen molar-refractivity contribution in [1.29, 1.82) is 0 Å². The highest BCUT2D eigenvalue weighted by molar-refractivity contribution is 5.92. The summed E-state index contributed by atoms with van der Waals surface area (Å²) in [7, 11) is 0. The Morgan fingerprint density at radius 2 is 2.30 bits per heavy atom. The second kappa shape index (κ2) is 5.55. The summed E-state index contributed by atoms with van der Waals surface area (Å²) in [4.78, 5) is 11.4. The largest absolute Gasteiger partial charge is 0.408 e. The highest BCUT2D eigenvalue weighted by Gasteiger charge is 2.28. The summed E-state index contributed by atoms with van der Waals surface area (Å²) in [5.41, 5.74) is 2.59. The van der Waals surface area contributed by atoms with Gasteiger partial charge in [0.15, 0.2) is 0 Å². The lowest BCUT2D eigenvalue weighted by molar-refractivity contribution is -0.142. The molecule has 0 aliphatic heterocycles. The molecule has 2 aromatic heterocycles. The lowest BCUT2D eigenvalue weighted by atomic mass is 10.4. The maximum absolute atomic E-state index is 12.1. The van der Waals surface area contributed by atoms with Crippen molar-refractivity contribution in [1.82, 2.24) is 25.4 Å². The molecule has 0 unspecified atom stereocenters. The summed E-state index contributed by atoms with van der Waals surface area (Å²) in [6.07, 6.45) is -0.626. The molecule has 0 aromatic carbocycles. The van der Waals surface area contributed by atoms with Crippen molar-refractivity contribution in [3.05, 3.63) is 35.9 Å². The molecular formula is C10H9F3N6O. The Morgan fingerprint density at radius 3 is 2.95 bits per heavy atom. The highest BCUT2D eigenvalue weighted by atomic mass is 19.4. The summed E-state index contributed by atoms with van der Waals surface area (Å²) in [6.45, 7) is -1.18. The Hall–Kier alpha value is -2.65. The third-order valence-electron chi connectivity index (χ3n) is 2.11. The van der Waals surface area contributed by atoms with Gasteiger partial charge >= 0.3 is 6.18 Å². The molecule has 0 aliphatic carbocycles. The van der Waals surface area contributed by atoms with E-state index in [0.29, 0.717) is 0 Å². The van der Waals surface area contributed by atoms with Crippen LogP contribution in [0.1, 0.15) is 16.2 Å². The maximum atomic E-state index is 12.1. The van der Waals surface area contributed by atoms with Crippen molar-refractivity contribution >= 4 is 12.1 Å². The van der Waals surface area contributed by atoms with E-state index in [1.807, 2.05) is 0 Å². The first kappa shape index (κ1) is 13.8. The summed E-state index contributed by atoms with van der Waals surface area (Å²) >= 11 is 0. The van der Waals surface area contributed by atoms with Crippen molar-refractivity contribution in [3.63, 3.8) is 0 Å². The van der Waals surface area contributed by atoms with E-state index in [0.717, 1.165) is 10.9 Å². The molecule has 10 heteroatoms. The fourth-order valence-electron chi connectivity index (χ4n) is 1.32. The van der Waals surface area contributed by atoms with E-state index >= 15 is 0 Å². The number of carbonyl (C=O) groups is 1. The molecule has 0 fully saturated rings. The van der Waals surface area contributed by atoms with E-state index in [1.165, 1.54) is 24.5 Å². The molecular weight excluding hydrogens is 277 g/mol. The van der Waals surface area contributed by atoms with Crippen molar-refractivity contribution in [2.45, 2.75) is 12.7 Å². The number of nitrogens with zero attached hydrogens (tertiary/aromatic N) is 4. The van der Waals surface area contributed by atoms with Gasteiger partial charge in [-0.3, -0.25) is 14.6 Å². The molecule has 0 saturated carbocycles. The number of rotatable bonds is 4. The molecule has 0 aliphatic rings. The number of carbonyl (C=O) groups excluding carboxylic acids is 1. The molecule has 0 saturated heterocycles. The third kappa shape index (κ3) is 3.93. The molecule has 106 valence electrons. The molecule has 2 heterocycles. The van der Waals surface area contributed by atoms with Gasteiger partial charge in [0, 0.05) is 12.4 Å². The normalized spacial score (nSPS) is 11.9. The highest BCUT2D eigenvalue weighted by Crippen LogP contribution is 2.16. The van der Waals surface area contributed by atoms with Gasteiger partial charge in [-0.05, 0) is 12.1 Å². The number of amides is 1. The number of halogens is 3. The second-order valence-corrected chi connectivity index (χ2v) is 3.72. The first-order valence-corrected chi connectivity index (χ1v) is 5.37. The van der Waals surface area contributed by atoms with Crippen LogP contribution in [0.5, 0.6) is 0 Å². The Kier molecular flexibility index (Phi) is 3.82. The van der Waals surface area contributed by atoms with Gasteiger partial charge in [-0.15, -0.1) is 0 Å². The van der Waals surface area contributed by atoms with E-state index in [4.69, 9.17) is 0 Å². The monoisotopic (exact) mass is 286 g/mol. The fraction of sp³-hybridized carbons (Fsp3) is 0.200. The predicted molar refractivity (Wildman–Crippen MR) is 61.9 cm³/mol. The number of hydrazone groups is 1. The molecule has 0 bridgehead atoms. The van der Waals surface area contributed by atoms with Crippen molar-refractivity contribution < 1.29 is 18.0 Å². The average molecular weight is 286 g/mol. The van der Waals surface area contributed by atoms with Crippen LogP contribution in [0.2, 0.25) is 0 Å². The molecule has 0 atom stereocenters. The van der Waals surface area contributed by atoms with Crippen molar-refractivity contribution in [2.24, 2.45) is 5.10 Å². The van der Waals surface area contributed by atoms with Crippen LogP contribution in [-0.2, 0) is 6.54 Å². The number of hydrogen-bond donors (Lipinski definition) is 2. The number of aromatic amines is 1. The van der Waals surface area contributed by atoms with E-state index < -0.39 is 18.6 Å². The minimum atomic E-state index is -4.34. The van der Waals surface area contributed by atoms with Crippen LogP contribution >= 0.6 is 0 Å². The molecule has 2 aromatic rings. The minimum Gasteiger partial charge on any atom is -0.273 e. The van der Waals surface area contributed by atoms with Crippen LogP contribution in [0, 0.1) is 0 Å². The van der Waals surface area contributed by atoms with Gasteiger partial charge < -0.3 is 0 Å². The van der Waals surface area contributed by atoms with Crippen molar-refractivity contribution in [3.8, 4) is 0 Å². The van der Waals surface area contributed by atoms with Crippen molar-refractivity contribution in [2.75, 3.05) is 0 Å². The Labute approximate surface area is 110 Å². The fourth-order valence-corrected chi connectivity index (χ4v) is 1.32. The Balaban J connectivity index is 1.90. The van der Waals surface area contributed by atoms with E-state index in [-0.39, 0.29) is 11.4 Å². The SMILES string of the molecule is O=C(N/N=C\c1ccn(CC(F)(F)F)n1)c1ccn[nH]1. The summed E-state index contributed by atoms with van der Waals surface area (Å²) < 4.78 is 37.0. The molecule has 2 rings (SSSR count). The molecule has 0 radical (unpaired) electrons. The van der Waals surface area contributed by atoms with Crippen LogP contribution in [-0.4, -0.2) is 38.3 Å². The quantitative estimate of drug-likeness (QED) is 0.647. The van der Waals surface area contributed by atoms with Crippen LogP contribution in [0.25, 0.3) is 0 Å². The van der Waals surface area contributed by atoms with Gasteiger partial charge in [-0.1, -0.05) is 0 Å². The number of hydrogen-bond acceptors (Lipinski definition) is 4. The zero-order valence-electron chi connectivity index (χ0n) is 9.92. The molecule has 1 amide bonds. The number of aromatic nitrogens is 4. The molecule has 7 nitrogen and oxygen atoms in total. The molecule has 20 heavy (non-hydrogen) atoms. The van der Waals surface area contributed by atoms with E-state index in [9.17, 15) is 18.0 Å². The Morgan fingerprint density at radius 1 is 1.50 bits per heavy atom. The van der Waals surface area contributed by atoms with Gasteiger partial charge in [-0.2, -0.15) is 28.5 Å². The van der Waals surface area contributed by atoms with Crippen LogP contribution in [0.15, 0.2) is 29.6 Å². The lowest BCUT2D eigenvalue weighted by Gasteiger charge is -2.04. The number of alkyl halides is 3. The zero-order chi connectivity index (χ0) is 14.6. The van der Waals surface area contributed by atoms with Gasteiger partial charge in [0.25, 0.3) is 5.91 Å². The van der Waals surface area contributed by atoms with Crippen LogP contribution < -0.4 is 5.43 Å². The number of H-pyrrole nitrogens is 1. The smallest absolute Gasteiger partial charge is 0.273 e. The maximum Gasteiger partial charge on any atom is 0.408 e. The summed E-state index contributed by atoms with van der Waals surface area (Å²) in [5.74, 6) is -0.520. The van der Waals surface area contributed by atoms with Gasteiger partial charge in [0.05, 0.1) is 6.21 Å². The van der Waals surface area contributed by atoms with E-state index in [2.05, 4.69) is 25.8 Å². The third-order valence-corrected chi connectivity index (χ3v) is 2.11. The standard InChI is InChI=1S/C10H9F3N6O/c11-10(12,13)6-19-4-2-7(18-19)5-15-17-9(20)8-1-3-14-16-8/h1-5H,6H2,(H,14,16)(H,17,20)/b15-5-. The average Bonchev–Trinajstić information content (AvgIpc) is 2.98. The second-order valence-electron chi connectivity index (χ2n) is 3.72. The minimum absolute atomic E-state index is 0.194. The first-order chi connectivity index (χ1) is 9.44.